The van der Waals surface area contributed by atoms with Crippen LogP contribution in [0.25, 0.3) is 0 Å². The first kappa shape index (κ1) is 18.5. The van der Waals surface area contributed by atoms with Gasteiger partial charge in [0.1, 0.15) is 10.7 Å². The fourth-order valence-electron chi connectivity index (χ4n) is 1.63. The van der Waals surface area contributed by atoms with E-state index in [1.807, 2.05) is 0 Å². The number of hydrogen-bond donors (Lipinski definition) is 3. The highest BCUT2D eigenvalue weighted by atomic mass is 79.9. The molecular weight excluding hydrogens is 405 g/mol. The lowest BCUT2D eigenvalue weighted by molar-refractivity contribution is 0.316. The molecule has 1 aromatic rings. The molecule has 1 aromatic carbocycles. The van der Waals surface area contributed by atoms with Crippen LogP contribution in [0.2, 0.25) is 10.0 Å². The Hall–Kier alpha value is -0.540. The van der Waals surface area contributed by atoms with Crippen LogP contribution < -0.4 is 10.5 Å². The second-order valence-corrected chi connectivity index (χ2v) is 7.60. The minimum absolute atomic E-state index is 0.000486. The number of benzene rings is 1. The van der Waals surface area contributed by atoms with Gasteiger partial charge < -0.3 is 10.9 Å². The molecule has 0 saturated carbocycles. The zero-order chi connectivity index (χ0) is 16.2. The van der Waals surface area contributed by atoms with Crippen molar-refractivity contribution < 1.29 is 13.6 Å². The first-order valence-electron chi connectivity index (χ1n) is 5.84. The van der Waals surface area contributed by atoms with E-state index >= 15 is 0 Å². The number of hydrogen-bond acceptors (Lipinski definition) is 4. The number of oxime groups is 1. The van der Waals surface area contributed by atoms with Crippen molar-refractivity contribution in [2.45, 2.75) is 30.7 Å². The van der Waals surface area contributed by atoms with E-state index in [0.29, 0.717) is 10.9 Å². The molecule has 0 saturated heterocycles. The highest BCUT2D eigenvalue weighted by Gasteiger charge is 2.25. The molecule has 0 amide bonds. The first-order chi connectivity index (χ1) is 9.71. The average Bonchev–Trinajstić information content (AvgIpc) is 2.35. The smallest absolute Gasteiger partial charge is 0.243 e. The van der Waals surface area contributed by atoms with E-state index in [1.54, 1.807) is 6.92 Å². The second kappa shape index (κ2) is 7.64. The summed E-state index contributed by atoms with van der Waals surface area (Å²) in [5.74, 6) is -0.0717. The summed E-state index contributed by atoms with van der Waals surface area (Å²) in [4.78, 5) is -0.202. The Labute approximate surface area is 141 Å². The van der Waals surface area contributed by atoms with Crippen molar-refractivity contribution in [3.63, 3.8) is 0 Å². The van der Waals surface area contributed by atoms with Crippen LogP contribution in [0.15, 0.2) is 26.7 Å². The Balaban J connectivity index is 3.12. The molecule has 118 valence electrons. The number of amidine groups is 1. The molecule has 4 N–H and O–H groups in total. The van der Waals surface area contributed by atoms with E-state index in [9.17, 15) is 8.42 Å². The van der Waals surface area contributed by atoms with E-state index in [-0.39, 0.29) is 27.2 Å². The molecule has 1 atom stereocenters. The number of nitrogens with one attached hydrogen (secondary N) is 1. The Morgan fingerprint density at radius 1 is 1.48 bits per heavy atom. The minimum atomic E-state index is -3.93. The van der Waals surface area contributed by atoms with Gasteiger partial charge in [0.2, 0.25) is 10.0 Å². The molecular formula is C11H14BrCl2N3O3S. The molecule has 0 spiro atoms. The summed E-state index contributed by atoms with van der Waals surface area (Å²) in [6, 6.07) is 2.33. The van der Waals surface area contributed by atoms with E-state index in [0.717, 1.165) is 0 Å². The maximum atomic E-state index is 12.4. The minimum Gasteiger partial charge on any atom is -0.409 e. The third kappa shape index (κ3) is 5.00. The topological polar surface area (TPSA) is 105 Å². The van der Waals surface area contributed by atoms with Gasteiger partial charge in [-0.1, -0.05) is 51.2 Å². The predicted octanol–water partition coefficient (Wildman–Crippen LogP) is 2.95. The molecule has 10 heteroatoms. The first-order valence-corrected chi connectivity index (χ1v) is 8.87. The van der Waals surface area contributed by atoms with Gasteiger partial charge in [0, 0.05) is 16.9 Å². The lowest BCUT2D eigenvalue weighted by atomic mass is 10.1. The van der Waals surface area contributed by atoms with Crippen LogP contribution in [0.1, 0.15) is 19.8 Å². The van der Waals surface area contributed by atoms with E-state index < -0.39 is 16.1 Å². The summed E-state index contributed by atoms with van der Waals surface area (Å²) in [5.41, 5.74) is 5.39. The maximum Gasteiger partial charge on any atom is 0.243 e. The average molecular weight is 419 g/mol. The summed E-state index contributed by atoms with van der Waals surface area (Å²) >= 11 is 15.1. The van der Waals surface area contributed by atoms with Gasteiger partial charge in [-0.25, -0.2) is 13.1 Å². The molecule has 6 nitrogen and oxygen atoms in total. The Morgan fingerprint density at radius 3 is 2.43 bits per heavy atom. The van der Waals surface area contributed by atoms with Crippen LogP contribution in [0, 0.1) is 0 Å². The van der Waals surface area contributed by atoms with E-state index in [2.05, 4.69) is 25.8 Å². The molecule has 0 aliphatic rings. The van der Waals surface area contributed by atoms with Crippen LogP contribution in [-0.2, 0) is 10.0 Å². The van der Waals surface area contributed by atoms with Crippen LogP contribution in [-0.4, -0.2) is 25.5 Å². The van der Waals surface area contributed by atoms with Gasteiger partial charge >= 0.3 is 0 Å². The molecule has 0 fully saturated rings. The number of nitrogens with two attached hydrogens (primary N) is 1. The van der Waals surface area contributed by atoms with Gasteiger partial charge in [0.15, 0.2) is 0 Å². The summed E-state index contributed by atoms with van der Waals surface area (Å²) in [6.07, 6.45) is 0.513. The van der Waals surface area contributed by atoms with Gasteiger partial charge in [-0.3, -0.25) is 0 Å². The van der Waals surface area contributed by atoms with Gasteiger partial charge in [-0.2, -0.15) is 0 Å². The van der Waals surface area contributed by atoms with Gasteiger partial charge in [-0.05, 0) is 18.6 Å². The van der Waals surface area contributed by atoms with Crippen molar-refractivity contribution in [2.75, 3.05) is 0 Å². The fourth-order valence-corrected chi connectivity index (χ4v) is 4.88. The van der Waals surface area contributed by atoms with Crippen molar-refractivity contribution in [1.82, 2.24) is 4.72 Å². The number of sulfonamides is 1. The normalized spacial score (nSPS) is 14.2. The second-order valence-electron chi connectivity index (χ2n) is 4.22. The maximum absolute atomic E-state index is 12.4. The van der Waals surface area contributed by atoms with Crippen molar-refractivity contribution in [3.8, 4) is 0 Å². The van der Waals surface area contributed by atoms with Crippen LogP contribution in [0.5, 0.6) is 0 Å². The number of halogens is 3. The third-order valence-electron chi connectivity index (χ3n) is 2.63. The zero-order valence-corrected chi connectivity index (χ0v) is 14.9. The molecule has 0 heterocycles. The van der Waals surface area contributed by atoms with Crippen molar-refractivity contribution in [2.24, 2.45) is 10.9 Å². The lowest BCUT2D eigenvalue weighted by Gasteiger charge is -2.17. The Morgan fingerprint density at radius 2 is 2.00 bits per heavy atom. The SMILES string of the molecule is CCC(CC(N)=NO)NS(=O)(=O)c1c(Cl)cc(Br)cc1Cl. The fraction of sp³-hybridized carbons (Fsp3) is 0.364. The summed E-state index contributed by atoms with van der Waals surface area (Å²) < 4.78 is 27.8. The summed E-state index contributed by atoms with van der Waals surface area (Å²) in [5, 5.41) is 11.4. The molecule has 0 aliphatic heterocycles. The van der Waals surface area contributed by atoms with Crippen LogP contribution in [0.3, 0.4) is 0 Å². The molecule has 1 rings (SSSR count). The molecule has 1 unspecified atom stereocenters. The van der Waals surface area contributed by atoms with E-state index in [4.69, 9.17) is 34.1 Å². The van der Waals surface area contributed by atoms with Crippen molar-refractivity contribution >= 4 is 55.0 Å². The molecule has 0 radical (unpaired) electrons. The molecule has 21 heavy (non-hydrogen) atoms. The largest absolute Gasteiger partial charge is 0.409 e. The van der Waals surface area contributed by atoms with Crippen LogP contribution >= 0.6 is 39.1 Å². The highest BCUT2D eigenvalue weighted by molar-refractivity contribution is 9.10. The Bertz CT molecular complexity index is 629. The van der Waals surface area contributed by atoms with Crippen molar-refractivity contribution in [3.05, 3.63) is 26.7 Å². The van der Waals surface area contributed by atoms with Crippen molar-refractivity contribution in [1.29, 1.82) is 0 Å². The summed E-state index contributed by atoms with van der Waals surface area (Å²) in [6.45, 7) is 1.77. The monoisotopic (exact) mass is 417 g/mol. The molecule has 0 aromatic heterocycles. The molecule has 0 bridgehead atoms. The Kier molecular flexibility index (Phi) is 6.73. The summed E-state index contributed by atoms with van der Waals surface area (Å²) in [7, 11) is -3.93. The lowest BCUT2D eigenvalue weighted by Crippen LogP contribution is -2.37. The van der Waals surface area contributed by atoms with E-state index in [1.165, 1.54) is 12.1 Å². The number of nitrogens with zero attached hydrogens (tertiary/aromatic N) is 1. The standard InChI is InChI=1S/C11H14BrCl2N3O3S/c1-2-7(5-10(15)16-18)17-21(19,20)11-8(13)3-6(12)4-9(11)14/h3-4,7,17-18H,2,5H2,1H3,(H2,15,16). The number of rotatable bonds is 6. The van der Waals surface area contributed by atoms with Crippen LogP contribution in [0.4, 0.5) is 0 Å². The zero-order valence-electron chi connectivity index (χ0n) is 11.0. The third-order valence-corrected chi connectivity index (χ3v) is 5.53. The highest BCUT2D eigenvalue weighted by Crippen LogP contribution is 2.32. The quantitative estimate of drug-likeness (QED) is 0.286. The van der Waals surface area contributed by atoms with Gasteiger partial charge in [0.25, 0.3) is 0 Å². The predicted molar refractivity (Wildman–Crippen MR) is 86.6 cm³/mol. The van der Waals surface area contributed by atoms with Gasteiger partial charge in [0.05, 0.1) is 10.0 Å². The molecule has 0 aliphatic carbocycles. The van der Waals surface area contributed by atoms with Gasteiger partial charge in [-0.15, -0.1) is 0 Å².